The zero-order chi connectivity index (χ0) is 13.1. The van der Waals surface area contributed by atoms with Crippen molar-refractivity contribution in [1.29, 1.82) is 0 Å². The standard InChI is InChI=1S/C14H11NO3/c1-10-2-5-12(6-3-10)13-7-4-11(9-16)8-14(13)15(17)18/h2-9H,1H3. The lowest BCUT2D eigenvalue weighted by atomic mass is 10.0. The molecule has 0 aliphatic heterocycles. The van der Waals surface area contributed by atoms with Gasteiger partial charge in [-0.05, 0) is 18.6 Å². The summed E-state index contributed by atoms with van der Waals surface area (Å²) < 4.78 is 0. The molecule has 0 aliphatic carbocycles. The molecule has 0 radical (unpaired) electrons. The summed E-state index contributed by atoms with van der Waals surface area (Å²) in [6.45, 7) is 1.95. The molecule has 18 heavy (non-hydrogen) atoms. The Morgan fingerprint density at radius 1 is 1.11 bits per heavy atom. The second-order valence-corrected chi connectivity index (χ2v) is 4.02. The Balaban J connectivity index is 2.59. The molecule has 0 amide bonds. The lowest BCUT2D eigenvalue weighted by molar-refractivity contribution is -0.384. The van der Waals surface area contributed by atoms with E-state index in [1.54, 1.807) is 12.1 Å². The molecule has 0 atom stereocenters. The highest BCUT2D eigenvalue weighted by Crippen LogP contribution is 2.30. The van der Waals surface area contributed by atoms with Crippen LogP contribution in [-0.4, -0.2) is 11.2 Å². The number of hydrogen-bond donors (Lipinski definition) is 0. The Kier molecular flexibility index (Phi) is 3.19. The van der Waals surface area contributed by atoms with Crippen LogP contribution in [0.4, 0.5) is 5.69 Å². The molecule has 0 fully saturated rings. The molecule has 2 rings (SSSR count). The van der Waals surface area contributed by atoms with Crippen molar-refractivity contribution in [2.24, 2.45) is 0 Å². The van der Waals surface area contributed by atoms with Gasteiger partial charge in [0.15, 0.2) is 0 Å². The molecule has 0 N–H and O–H groups in total. The van der Waals surface area contributed by atoms with Crippen LogP contribution in [0.15, 0.2) is 42.5 Å². The quantitative estimate of drug-likeness (QED) is 0.470. The van der Waals surface area contributed by atoms with Gasteiger partial charge in [0.2, 0.25) is 0 Å². The van der Waals surface area contributed by atoms with Crippen molar-refractivity contribution in [3.05, 3.63) is 63.7 Å². The first-order valence-corrected chi connectivity index (χ1v) is 5.42. The maximum absolute atomic E-state index is 11.0. The van der Waals surface area contributed by atoms with Crippen molar-refractivity contribution in [2.45, 2.75) is 6.92 Å². The van der Waals surface area contributed by atoms with Crippen molar-refractivity contribution in [3.63, 3.8) is 0 Å². The SMILES string of the molecule is Cc1ccc(-c2ccc(C=O)cc2[N+](=O)[O-])cc1. The number of benzene rings is 2. The number of nitro benzene ring substituents is 1. The molecule has 2 aromatic carbocycles. The van der Waals surface area contributed by atoms with Gasteiger partial charge >= 0.3 is 0 Å². The third kappa shape index (κ3) is 2.27. The smallest absolute Gasteiger partial charge is 0.277 e. The summed E-state index contributed by atoms with van der Waals surface area (Å²) in [5.41, 5.74) is 2.63. The maximum Gasteiger partial charge on any atom is 0.277 e. The Morgan fingerprint density at radius 2 is 1.78 bits per heavy atom. The molecule has 0 bridgehead atoms. The van der Waals surface area contributed by atoms with Crippen LogP contribution in [0.25, 0.3) is 11.1 Å². The summed E-state index contributed by atoms with van der Waals surface area (Å²) in [6.07, 6.45) is 0.603. The molecule has 0 aliphatic rings. The molecule has 0 unspecified atom stereocenters. The fourth-order valence-corrected chi connectivity index (χ4v) is 1.75. The fourth-order valence-electron chi connectivity index (χ4n) is 1.75. The second-order valence-electron chi connectivity index (χ2n) is 4.02. The molecule has 0 heterocycles. The number of rotatable bonds is 3. The van der Waals surface area contributed by atoms with Crippen LogP contribution in [0.3, 0.4) is 0 Å². The van der Waals surface area contributed by atoms with E-state index in [1.165, 1.54) is 6.07 Å². The van der Waals surface area contributed by atoms with E-state index in [9.17, 15) is 14.9 Å². The monoisotopic (exact) mass is 241 g/mol. The Bertz CT molecular complexity index is 603. The molecule has 90 valence electrons. The normalized spacial score (nSPS) is 10.1. The van der Waals surface area contributed by atoms with E-state index in [-0.39, 0.29) is 5.69 Å². The van der Waals surface area contributed by atoms with E-state index in [0.29, 0.717) is 17.4 Å². The molecule has 4 nitrogen and oxygen atoms in total. The van der Waals surface area contributed by atoms with E-state index < -0.39 is 4.92 Å². The topological polar surface area (TPSA) is 60.2 Å². The number of carbonyl (C=O) groups excluding carboxylic acids is 1. The van der Waals surface area contributed by atoms with Crippen molar-refractivity contribution >= 4 is 12.0 Å². The Hall–Kier alpha value is -2.49. The third-order valence-corrected chi connectivity index (χ3v) is 2.72. The zero-order valence-corrected chi connectivity index (χ0v) is 9.79. The largest absolute Gasteiger partial charge is 0.298 e. The predicted molar refractivity (Wildman–Crippen MR) is 68.7 cm³/mol. The summed E-state index contributed by atoms with van der Waals surface area (Å²) >= 11 is 0. The first-order chi connectivity index (χ1) is 8.61. The van der Waals surface area contributed by atoms with Gasteiger partial charge in [0, 0.05) is 11.6 Å². The van der Waals surface area contributed by atoms with Gasteiger partial charge in [0.1, 0.15) is 6.29 Å². The highest BCUT2D eigenvalue weighted by Gasteiger charge is 2.15. The third-order valence-electron chi connectivity index (χ3n) is 2.72. The number of aryl methyl sites for hydroxylation is 1. The Labute approximate surface area is 104 Å². The minimum atomic E-state index is -0.470. The van der Waals surface area contributed by atoms with Crippen LogP contribution in [0.2, 0.25) is 0 Å². The van der Waals surface area contributed by atoms with Gasteiger partial charge in [-0.3, -0.25) is 14.9 Å². The van der Waals surface area contributed by atoms with Gasteiger partial charge in [0.25, 0.3) is 5.69 Å². The van der Waals surface area contributed by atoms with Crippen LogP contribution in [0, 0.1) is 17.0 Å². The van der Waals surface area contributed by atoms with E-state index in [0.717, 1.165) is 11.1 Å². The molecule has 0 aromatic heterocycles. The van der Waals surface area contributed by atoms with Gasteiger partial charge in [-0.25, -0.2) is 0 Å². The highest BCUT2D eigenvalue weighted by molar-refractivity contribution is 5.82. The molecule has 2 aromatic rings. The van der Waals surface area contributed by atoms with Crippen LogP contribution < -0.4 is 0 Å². The van der Waals surface area contributed by atoms with E-state index >= 15 is 0 Å². The summed E-state index contributed by atoms with van der Waals surface area (Å²) in [6, 6.07) is 11.9. The maximum atomic E-state index is 11.0. The average molecular weight is 241 g/mol. The lowest BCUT2D eigenvalue weighted by Gasteiger charge is -2.04. The molecular weight excluding hydrogens is 230 g/mol. The number of carbonyl (C=O) groups is 1. The Morgan fingerprint density at radius 3 is 2.33 bits per heavy atom. The second kappa shape index (κ2) is 4.79. The fraction of sp³-hybridized carbons (Fsp3) is 0.0714. The number of hydrogen-bond acceptors (Lipinski definition) is 3. The lowest BCUT2D eigenvalue weighted by Crippen LogP contribution is -1.94. The van der Waals surface area contributed by atoms with E-state index in [2.05, 4.69) is 0 Å². The van der Waals surface area contributed by atoms with E-state index in [4.69, 9.17) is 0 Å². The molecular formula is C14H11NO3. The van der Waals surface area contributed by atoms with Crippen molar-refractivity contribution < 1.29 is 9.72 Å². The van der Waals surface area contributed by atoms with Crippen molar-refractivity contribution in [1.82, 2.24) is 0 Å². The summed E-state index contributed by atoms with van der Waals surface area (Å²) in [4.78, 5) is 21.2. The molecule has 0 saturated carbocycles. The van der Waals surface area contributed by atoms with Crippen LogP contribution >= 0.6 is 0 Å². The highest BCUT2D eigenvalue weighted by atomic mass is 16.6. The van der Waals surface area contributed by atoms with Gasteiger partial charge in [-0.15, -0.1) is 0 Å². The van der Waals surface area contributed by atoms with Gasteiger partial charge in [-0.2, -0.15) is 0 Å². The molecule has 0 saturated heterocycles. The van der Waals surface area contributed by atoms with Crippen molar-refractivity contribution in [2.75, 3.05) is 0 Å². The molecule has 4 heteroatoms. The molecule has 0 spiro atoms. The van der Waals surface area contributed by atoms with Gasteiger partial charge in [-0.1, -0.05) is 35.9 Å². The number of nitrogens with zero attached hydrogens (tertiary/aromatic N) is 1. The van der Waals surface area contributed by atoms with Crippen LogP contribution in [0.5, 0.6) is 0 Å². The summed E-state index contributed by atoms with van der Waals surface area (Å²) in [7, 11) is 0. The first-order valence-electron chi connectivity index (χ1n) is 5.42. The minimum absolute atomic E-state index is 0.0524. The van der Waals surface area contributed by atoms with E-state index in [1.807, 2.05) is 31.2 Å². The van der Waals surface area contributed by atoms with Crippen molar-refractivity contribution in [3.8, 4) is 11.1 Å². The van der Waals surface area contributed by atoms with Crippen LogP contribution in [0.1, 0.15) is 15.9 Å². The number of aldehydes is 1. The number of nitro groups is 1. The van der Waals surface area contributed by atoms with Crippen LogP contribution in [-0.2, 0) is 0 Å². The first kappa shape index (κ1) is 12.0. The predicted octanol–water partition coefficient (Wildman–Crippen LogP) is 3.38. The summed E-state index contributed by atoms with van der Waals surface area (Å²) in [5, 5.41) is 11.0. The van der Waals surface area contributed by atoms with Gasteiger partial charge < -0.3 is 0 Å². The summed E-state index contributed by atoms with van der Waals surface area (Å²) in [5.74, 6) is 0. The average Bonchev–Trinajstić information content (AvgIpc) is 2.39. The zero-order valence-electron chi connectivity index (χ0n) is 9.79. The van der Waals surface area contributed by atoms with Gasteiger partial charge in [0.05, 0.1) is 10.5 Å². The minimum Gasteiger partial charge on any atom is -0.298 e.